The van der Waals surface area contributed by atoms with E-state index in [-0.39, 0.29) is 5.97 Å². The Hall–Kier alpha value is -12.1. The second kappa shape index (κ2) is 39.4. The number of aryl methyl sites for hydroxylation is 1. The molecule has 0 unspecified atom stereocenters. The second-order valence-electron chi connectivity index (χ2n) is 22.5. The normalized spacial score (nSPS) is 10.9. The van der Waals surface area contributed by atoms with Crippen LogP contribution >= 0.6 is 0 Å². The molecule has 0 atom stereocenters. The molecule has 0 spiro atoms. The summed E-state index contributed by atoms with van der Waals surface area (Å²) in [6, 6.07) is 46.6. The van der Waals surface area contributed by atoms with E-state index in [0.717, 1.165) is 46.0 Å². The molecule has 20 heteroatoms. The standard InChI is InChI=1S/C41H38O10.C40H40O10/c1-3-38(42)48-23-7-5-21-46-32-13-9-28(10-14-32)40(44)50-34-17-19-36-30(26-34)25-31-27-35(18-20-37(31)36)51-41(45)29-11-15-33(16-12-29)47-22-6-8-24-49-39(43)4-2;1-4-11-37(42)48-27-9-7-25-46-31-19-15-29(16-20-31)39(43)49-35-13-10-12-34-33(35)23-14-28(3)38(34)50-40(44)30-17-21-32(22-18-30)45-24-6-8-26-47-36(41)5-2/h3-4,9-20,26-27H,1-2,5-8,21-25H2;4-5,10-23H,2,6-9,24-27H2,1,3H3/b;11-4+. The number of esters is 8. The quantitative estimate of drug-likeness (QED) is 0.0116. The van der Waals surface area contributed by atoms with Crippen LogP contribution in [-0.2, 0) is 44.5 Å². The Morgan fingerprint density at radius 3 is 1.06 bits per heavy atom. The summed E-state index contributed by atoms with van der Waals surface area (Å²) in [5.74, 6) is 0.195. The molecule has 8 aromatic carbocycles. The first kappa shape index (κ1) is 74.7. The van der Waals surface area contributed by atoms with Crippen LogP contribution in [0.3, 0.4) is 0 Å². The van der Waals surface area contributed by atoms with Gasteiger partial charge in [0, 0.05) is 35.1 Å². The van der Waals surface area contributed by atoms with Gasteiger partial charge in [-0.15, -0.1) is 0 Å². The van der Waals surface area contributed by atoms with E-state index < -0.39 is 41.8 Å². The van der Waals surface area contributed by atoms with Gasteiger partial charge >= 0.3 is 47.8 Å². The van der Waals surface area contributed by atoms with E-state index in [4.69, 9.17) is 56.8 Å². The fraction of sp³-hybridized carbons (Fsp3) is 0.235. The molecule has 8 aromatic rings. The minimum Gasteiger partial charge on any atom is -0.494 e. The molecule has 0 bridgehead atoms. The van der Waals surface area contributed by atoms with E-state index in [2.05, 4.69) is 19.7 Å². The maximum absolute atomic E-state index is 13.1. The highest BCUT2D eigenvalue weighted by Gasteiger charge is 2.23. The highest BCUT2D eigenvalue weighted by atomic mass is 16.6. The van der Waals surface area contributed by atoms with E-state index in [0.29, 0.717) is 190 Å². The van der Waals surface area contributed by atoms with Crippen LogP contribution < -0.4 is 37.9 Å². The van der Waals surface area contributed by atoms with Gasteiger partial charge in [0.25, 0.3) is 0 Å². The number of carbonyl (C=O) groups excluding carboxylic acids is 8. The summed E-state index contributed by atoms with van der Waals surface area (Å²) in [5, 5.41) is 1.22. The Morgan fingerprint density at radius 1 is 0.356 bits per heavy atom. The SMILES string of the molecule is C=CC(=O)OCCCCOc1ccc(C(=O)Oc2c(C)ccc3c(OC(=O)c4ccc(OCCCCOC(=O)/C=C/C)cc4)cccc23)cc1.C=CC(=O)OCCCCOc1ccc(C(=O)Oc2ccc3c(c2)Cc2cc(OC(=O)c4ccc(OCCCCOC(=O)C=C)cc4)ccc2-3)cc1. The number of fused-ring (bicyclic) bond motifs is 4. The smallest absolute Gasteiger partial charge is 0.343 e. The number of rotatable bonds is 36. The minimum atomic E-state index is -0.551. The zero-order valence-corrected chi connectivity index (χ0v) is 56.3. The first-order valence-electron chi connectivity index (χ1n) is 32.9. The van der Waals surface area contributed by atoms with Crippen molar-refractivity contribution >= 4 is 58.5 Å². The van der Waals surface area contributed by atoms with Gasteiger partial charge in [-0.2, -0.15) is 0 Å². The fourth-order valence-electron chi connectivity index (χ4n) is 9.95. The Balaban J connectivity index is 0.000000257. The van der Waals surface area contributed by atoms with E-state index in [9.17, 15) is 38.4 Å². The topological polar surface area (TPSA) is 247 Å². The molecular formula is C81H78O20. The fourth-order valence-corrected chi connectivity index (χ4v) is 9.95. The highest BCUT2D eigenvalue weighted by molar-refractivity contribution is 6.01. The first-order valence-corrected chi connectivity index (χ1v) is 32.9. The van der Waals surface area contributed by atoms with Gasteiger partial charge in [0.15, 0.2) is 0 Å². The number of hydrogen-bond acceptors (Lipinski definition) is 20. The van der Waals surface area contributed by atoms with Crippen molar-refractivity contribution in [3.8, 4) is 57.1 Å². The van der Waals surface area contributed by atoms with Crippen molar-refractivity contribution in [3.05, 3.63) is 253 Å². The van der Waals surface area contributed by atoms with Gasteiger partial charge in [-0.05, 0) is 227 Å². The summed E-state index contributed by atoms with van der Waals surface area (Å²) >= 11 is 0. The maximum atomic E-state index is 13.1. The molecule has 0 aliphatic heterocycles. The zero-order chi connectivity index (χ0) is 71.7. The lowest BCUT2D eigenvalue weighted by Gasteiger charge is -2.14. The predicted molar refractivity (Wildman–Crippen MR) is 377 cm³/mol. The van der Waals surface area contributed by atoms with Gasteiger partial charge in [-0.1, -0.05) is 62.2 Å². The summed E-state index contributed by atoms with van der Waals surface area (Å²) in [6.45, 7) is 16.6. The number of carbonyl (C=O) groups is 8. The molecule has 20 nitrogen and oxygen atoms in total. The van der Waals surface area contributed by atoms with Crippen molar-refractivity contribution in [2.24, 2.45) is 0 Å². The predicted octanol–water partition coefficient (Wildman–Crippen LogP) is 15.2. The maximum Gasteiger partial charge on any atom is 0.343 e. The second-order valence-corrected chi connectivity index (χ2v) is 22.5. The average Bonchev–Trinajstić information content (AvgIpc) is 1.73. The summed E-state index contributed by atoms with van der Waals surface area (Å²) in [7, 11) is 0. The number of ether oxygens (including phenoxy) is 12. The largest absolute Gasteiger partial charge is 0.494 e. The van der Waals surface area contributed by atoms with Gasteiger partial charge in [0.1, 0.15) is 46.0 Å². The monoisotopic (exact) mass is 1370 g/mol. The third-order valence-corrected chi connectivity index (χ3v) is 15.2. The van der Waals surface area contributed by atoms with Crippen LogP contribution in [0.15, 0.2) is 214 Å². The molecule has 0 saturated carbocycles. The van der Waals surface area contributed by atoms with Crippen LogP contribution in [-0.4, -0.2) is 101 Å². The van der Waals surface area contributed by atoms with Gasteiger partial charge in [0.2, 0.25) is 0 Å². The summed E-state index contributed by atoms with van der Waals surface area (Å²) in [6.07, 6.45) is 12.4. The van der Waals surface area contributed by atoms with Crippen molar-refractivity contribution in [2.45, 2.75) is 71.6 Å². The molecule has 0 radical (unpaired) electrons. The van der Waals surface area contributed by atoms with Gasteiger partial charge in [-0.25, -0.2) is 38.4 Å². The van der Waals surface area contributed by atoms with Crippen LogP contribution in [0, 0.1) is 6.92 Å². The molecule has 1 aliphatic carbocycles. The molecular weight excluding hydrogens is 1290 g/mol. The number of benzene rings is 8. The van der Waals surface area contributed by atoms with E-state index >= 15 is 0 Å². The van der Waals surface area contributed by atoms with Crippen molar-refractivity contribution in [1.29, 1.82) is 0 Å². The molecule has 101 heavy (non-hydrogen) atoms. The summed E-state index contributed by atoms with van der Waals surface area (Å²) in [5.41, 5.74) is 6.22. The molecule has 0 saturated heterocycles. The van der Waals surface area contributed by atoms with Crippen molar-refractivity contribution in [1.82, 2.24) is 0 Å². The molecule has 522 valence electrons. The van der Waals surface area contributed by atoms with Crippen LogP contribution in [0.1, 0.15) is 116 Å². The van der Waals surface area contributed by atoms with E-state index in [1.165, 1.54) is 6.08 Å². The molecule has 0 aromatic heterocycles. The third kappa shape index (κ3) is 23.6. The first-order chi connectivity index (χ1) is 49.1. The molecule has 1 aliphatic rings. The Morgan fingerprint density at radius 2 is 0.693 bits per heavy atom. The van der Waals surface area contributed by atoms with Gasteiger partial charge in [-0.3, -0.25) is 0 Å². The molecule has 9 rings (SSSR count). The lowest BCUT2D eigenvalue weighted by atomic mass is 10.0. The van der Waals surface area contributed by atoms with Gasteiger partial charge in [0.05, 0.1) is 75.1 Å². The molecule has 0 amide bonds. The number of allylic oxidation sites excluding steroid dienone is 1. The Labute approximate surface area is 585 Å². The summed E-state index contributed by atoms with van der Waals surface area (Å²) in [4.78, 5) is 96.5. The van der Waals surface area contributed by atoms with Crippen molar-refractivity contribution in [3.63, 3.8) is 0 Å². The third-order valence-electron chi connectivity index (χ3n) is 15.2. The molecule has 0 fully saturated rings. The zero-order valence-electron chi connectivity index (χ0n) is 56.3. The lowest BCUT2D eigenvalue weighted by Crippen LogP contribution is -2.11. The number of hydrogen-bond donors (Lipinski definition) is 0. The Bertz CT molecular complexity index is 4090. The Kier molecular flexibility index (Phi) is 29.1. The number of unbranched alkanes of at least 4 members (excludes halogenated alkanes) is 4. The summed E-state index contributed by atoms with van der Waals surface area (Å²) < 4.78 is 65.7. The van der Waals surface area contributed by atoms with E-state index in [1.807, 2.05) is 37.3 Å². The lowest BCUT2D eigenvalue weighted by molar-refractivity contribution is -0.138. The van der Waals surface area contributed by atoms with Gasteiger partial charge < -0.3 is 56.8 Å². The molecule has 0 N–H and O–H groups in total. The molecule has 0 heterocycles. The van der Waals surface area contributed by atoms with Crippen LogP contribution in [0.25, 0.3) is 21.9 Å². The minimum absolute atomic E-state index is 0.295. The highest BCUT2D eigenvalue weighted by Crippen LogP contribution is 2.41. The van der Waals surface area contributed by atoms with Crippen LogP contribution in [0.5, 0.6) is 46.0 Å². The van der Waals surface area contributed by atoms with Crippen molar-refractivity contribution in [2.75, 3.05) is 52.9 Å². The van der Waals surface area contributed by atoms with Crippen molar-refractivity contribution < 1.29 is 95.2 Å². The van der Waals surface area contributed by atoms with Crippen LogP contribution in [0.2, 0.25) is 0 Å². The average molecular weight is 1370 g/mol. The van der Waals surface area contributed by atoms with E-state index in [1.54, 1.807) is 146 Å². The van der Waals surface area contributed by atoms with Crippen LogP contribution in [0.4, 0.5) is 0 Å².